The third-order valence-electron chi connectivity index (χ3n) is 2.79. The van der Waals surface area contributed by atoms with E-state index < -0.39 is 0 Å². The summed E-state index contributed by atoms with van der Waals surface area (Å²) in [6.45, 7) is 2.89. The van der Waals surface area contributed by atoms with E-state index in [1.807, 2.05) is 0 Å². The average Bonchev–Trinajstić information content (AvgIpc) is 2.47. The third kappa shape index (κ3) is 6.35. The number of nitrogens with zero attached hydrogens (tertiary/aromatic N) is 1. The summed E-state index contributed by atoms with van der Waals surface area (Å²) in [5.74, 6) is 5.57. The fourth-order valence-electron chi connectivity index (χ4n) is 1.71. The molecule has 0 spiro atoms. The lowest BCUT2D eigenvalue weighted by Gasteiger charge is -2.04. The molecule has 4 nitrogen and oxygen atoms in total. The van der Waals surface area contributed by atoms with Crippen molar-refractivity contribution in [3.63, 3.8) is 0 Å². The second kappa shape index (κ2) is 9.99. The van der Waals surface area contributed by atoms with E-state index in [2.05, 4.69) is 29.1 Å². The number of aromatic nitrogens is 1. The van der Waals surface area contributed by atoms with Gasteiger partial charge in [-0.1, -0.05) is 38.0 Å². The van der Waals surface area contributed by atoms with Gasteiger partial charge in [0.25, 0.3) is 5.91 Å². The Bertz CT molecular complexity index is 475. The second-order valence-corrected chi connectivity index (χ2v) is 4.55. The van der Waals surface area contributed by atoms with Crippen LogP contribution in [0.4, 0.5) is 0 Å². The molecule has 0 aliphatic rings. The van der Waals surface area contributed by atoms with Crippen LogP contribution in [0, 0.1) is 11.8 Å². The van der Waals surface area contributed by atoms with E-state index in [4.69, 9.17) is 5.11 Å². The van der Waals surface area contributed by atoms with Gasteiger partial charge in [-0.25, -0.2) is 0 Å². The van der Waals surface area contributed by atoms with Gasteiger partial charge in [0.2, 0.25) is 0 Å². The maximum absolute atomic E-state index is 11.9. The maximum Gasteiger partial charge on any atom is 0.252 e. The van der Waals surface area contributed by atoms with Gasteiger partial charge in [-0.15, -0.1) is 0 Å². The Kier molecular flexibility index (Phi) is 8.09. The van der Waals surface area contributed by atoms with Crippen molar-refractivity contribution in [2.24, 2.45) is 0 Å². The van der Waals surface area contributed by atoms with Gasteiger partial charge < -0.3 is 10.4 Å². The minimum atomic E-state index is -0.111. The number of rotatable bonds is 7. The van der Waals surface area contributed by atoms with E-state index in [0.717, 1.165) is 12.8 Å². The van der Waals surface area contributed by atoms with Crippen molar-refractivity contribution in [1.29, 1.82) is 0 Å². The van der Waals surface area contributed by atoms with Crippen molar-refractivity contribution in [2.75, 3.05) is 13.2 Å². The second-order valence-electron chi connectivity index (χ2n) is 4.55. The maximum atomic E-state index is 11.9. The van der Waals surface area contributed by atoms with Crippen molar-refractivity contribution in [3.8, 4) is 11.8 Å². The zero-order chi connectivity index (χ0) is 14.6. The van der Waals surface area contributed by atoms with Gasteiger partial charge >= 0.3 is 0 Å². The summed E-state index contributed by atoms with van der Waals surface area (Å²) in [6.07, 6.45) is 8.11. The number of aliphatic hydroxyl groups is 1. The first-order chi connectivity index (χ1) is 9.77. The Morgan fingerprint density at radius 2 is 2.20 bits per heavy atom. The van der Waals surface area contributed by atoms with E-state index in [9.17, 15) is 4.79 Å². The predicted octanol–water partition coefficient (Wildman–Crippen LogP) is 2.13. The molecule has 1 rings (SSSR count). The number of hydrogen-bond donors (Lipinski definition) is 2. The molecule has 1 aromatic rings. The van der Waals surface area contributed by atoms with E-state index in [1.165, 1.54) is 12.8 Å². The van der Waals surface area contributed by atoms with Crippen LogP contribution in [-0.4, -0.2) is 29.1 Å². The molecule has 0 aliphatic carbocycles. The monoisotopic (exact) mass is 274 g/mol. The molecule has 2 N–H and O–H groups in total. The number of amides is 1. The van der Waals surface area contributed by atoms with Gasteiger partial charge in [-0.3, -0.25) is 9.78 Å². The van der Waals surface area contributed by atoms with Crippen LogP contribution in [0.1, 0.15) is 54.9 Å². The van der Waals surface area contributed by atoms with Crippen molar-refractivity contribution in [1.82, 2.24) is 10.3 Å². The van der Waals surface area contributed by atoms with E-state index >= 15 is 0 Å². The number of aliphatic hydroxyl groups excluding tert-OH is 1. The van der Waals surface area contributed by atoms with Crippen LogP contribution in [0.15, 0.2) is 18.5 Å². The molecule has 20 heavy (non-hydrogen) atoms. The zero-order valence-electron chi connectivity index (χ0n) is 12.0. The molecule has 0 bridgehead atoms. The zero-order valence-corrected chi connectivity index (χ0v) is 12.0. The lowest BCUT2D eigenvalue weighted by atomic mass is 10.2. The molecule has 0 radical (unpaired) electrons. The number of pyridine rings is 1. The van der Waals surface area contributed by atoms with E-state index in [1.54, 1.807) is 18.5 Å². The molecule has 108 valence electrons. The first kappa shape index (κ1) is 16.2. The summed E-state index contributed by atoms with van der Waals surface area (Å²) < 4.78 is 0. The third-order valence-corrected chi connectivity index (χ3v) is 2.79. The molecule has 0 fully saturated rings. The lowest BCUT2D eigenvalue weighted by Crippen LogP contribution is -2.24. The standard InChI is InChI=1S/C16H22N2O2/c1-2-3-4-6-9-18-16(20)15-11-14(12-17-13-15)8-5-7-10-19/h11-13,19H,2-4,6-7,9-10H2,1H3,(H,18,20). The molecule has 0 saturated heterocycles. The summed E-state index contributed by atoms with van der Waals surface area (Å²) in [7, 11) is 0. The first-order valence-corrected chi connectivity index (χ1v) is 7.11. The van der Waals surface area contributed by atoms with Gasteiger partial charge in [0.1, 0.15) is 0 Å². The first-order valence-electron chi connectivity index (χ1n) is 7.11. The molecule has 0 aliphatic heterocycles. The topological polar surface area (TPSA) is 62.2 Å². The van der Waals surface area contributed by atoms with Crippen LogP contribution in [0.5, 0.6) is 0 Å². The Hall–Kier alpha value is -1.86. The molecular weight excluding hydrogens is 252 g/mol. The number of nitrogens with one attached hydrogen (secondary N) is 1. The summed E-state index contributed by atoms with van der Waals surface area (Å²) >= 11 is 0. The molecule has 1 amide bonds. The summed E-state index contributed by atoms with van der Waals surface area (Å²) in [4.78, 5) is 15.9. The van der Waals surface area contributed by atoms with E-state index in [-0.39, 0.29) is 12.5 Å². The largest absolute Gasteiger partial charge is 0.395 e. The molecule has 1 aromatic heterocycles. The minimum Gasteiger partial charge on any atom is -0.395 e. The fourth-order valence-corrected chi connectivity index (χ4v) is 1.71. The molecule has 1 heterocycles. The Labute approximate surface area is 120 Å². The number of carbonyl (C=O) groups excluding carboxylic acids is 1. The summed E-state index contributed by atoms with van der Waals surface area (Å²) in [5.41, 5.74) is 1.22. The highest BCUT2D eigenvalue weighted by Crippen LogP contribution is 2.02. The molecule has 0 atom stereocenters. The van der Waals surface area contributed by atoms with Crippen molar-refractivity contribution in [3.05, 3.63) is 29.6 Å². The lowest BCUT2D eigenvalue weighted by molar-refractivity contribution is 0.0952. The highest BCUT2D eigenvalue weighted by atomic mass is 16.2. The predicted molar refractivity (Wildman–Crippen MR) is 79.3 cm³/mol. The molecule has 0 saturated carbocycles. The normalized spacial score (nSPS) is 9.70. The van der Waals surface area contributed by atoms with Crippen LogP contribution < -0.4 is 5.32 Å². The van der Waals surface area contributed by atoms with Crippen molar-refractivity contribution in [2.45, 2.75) is 39.0 Å². The van der Waals surface area contributed by atoms with Crippen LogP contribution in [0.2, 0.25) is 0 Å². The van der Waals surface area contributed by atoms with Crippen LogP contribution in [0.3, 0.4) is 0 Å². The van der Waals surface area contributed by atoms with Gasteiger partial charge in [-0.05, 0) is 12.5 Å². The van der Waals surface area contributed by atoms with Crippen LogP contribution in [0.25, 0.3) is 0 Å². The number of carbonyl (C=O) groups is 1. The highest BCUT2D eigenvalue weighted by molar-refractivity contribution is 5.94. The highest BCUT2D eigenvalue weighted by Gasteiger charge is 2.05. The smallest absolute Gasteiger partial charge is 0.252 e. The summed E-state index contributed by atoms with van der Waals surface area (Å²) in [6, 6.07) is 1.72. The van der Waals surface area contributed by atoms with Gasteiger partial charge in [0.15, 0.2) is 0 Å². The SMILES string of the molecule is CCCCCCNC(=O)c1cncc(C#CCCO)c1. The van der Waals surface area contributed by atoms with Crippen LogP contribution >= 0.6 is 0 Å². The Balaban J connectivity index is 2.48. The number of hydrogen-bond acceptors (Lipinski definition) is 3. The fraction of sp³-hybridized carbons (Fsp3) is 0.500. The molecule has 4 heteroatoms. The Morgan fingerprint density at radius 3 is 2.95 bits per heavy atom. The summed E-state index contributed by atoms with van der Waals surface area (Å²) in [5, 5.41) is 11.5. The Morgan fingerprint density at radius 1 is 1.35 bits per heavy atom. The molecular formula is C16H22N2O2. The quantitative estimate of drug-likeness (QED) is 0.591. The van der Waals surface area contributed by atoms with Gasteiger partial charge in [0, 0.05) is 30.9 Å². The molecule has 0 aromatic carbocycles. The number of unbranched alkanes of at least 4 members (excludes halogenated alkanes) is 3. The van der Waals surface area contributed by atoms with Crippen molar-refractivity contribution >= 4 is 5.91 Å². The molecule has 0 unspecified atom stereocenters. The van der Waals surface area contributed by atoms with Gasteiger partial charge in [-0.2, -0.15) is 0 Å². The van der Waals surface area contributed by atoms with E-state index in [0.29, 0.717) is 24.1 Å². The van der Waals surface area contributed by atoms with Crippen molar-refractivity contribution < 1.29 is 9.90 Å². The van der Waals surface area contributed by atoms with Gasteiger partial charge in [0.05, 0.1) is 12.2 Å². The minimum absolute atomic E-state index is 0.0400. The average molecular weight is 274 g/mol. The van der Waals surface area contributed by atoms with Crippen LogP contribution in [-0.2, 0) is 0 Å².